The quantitative estimate of drug-likeness (QED) is 0.652. The molecule has 0 N–H and O–H groups in total. The van der Waals surface area contributed by atoms with Crippen LogP contribution in [0.25, 0.3) is 0 Å². The van der Waals surface area contributed by atoms with Gasteiger partial charge in [0.15, 0.2) is 5.79 Å². The first-order chi connectivity index (χ1) is 7.17. The first-order valence-corrected chi connectivity index (χ1v) is 6.07. The Hall–Kier alpha value is -0.340. The van der Waals surface area contributed by atoms with Crippen LogP contribution in [0.3, 0.4) is 0 Å². The molecule has 1 aliphatic carbocycles. The van der Waals surface area contributed by atoms with Crippen LogP contribution in [0, 0.1) is 17.8 Å². The Morgan fingerprint density at radius 2 is 2.00 bits per heavy atom. The molecule has 0 aromatic carbocycles. The van der Waals surface area contributed by atoms with Gasteiger partial charge in [-0.25, -0.2) is 0 Å². The minimum atomic E-state index is -0.260. The van der Waals surface area contributed by atoms with E-state index in [1.165, 1.54) is 6.42 Å². The smallest absolute Gasteiger partial charge is 0.169 e. The normalized spacial score (nSPS) is 34.9. The van der Waals surface area contributed by atoms with Crippen molar-refractivity contribution in [2.24, 2.45) is 17.8 Å². The van der Waals surface area contributed by atoms with Crippen LogP contribution in [0.5, 0.6) is 0 Å². The molecule has 2 aliphatic rings. The lowest BCUT2D eigenvalue weighted by Gasteiger charge is -2.41. The topological polar surface area (TPSA) is 18.5 Å². The van der Waals surface area contributed by atoms with Gasteiger partial charge in [-0.05, 0) is 24.2 Å². The summed E-state index contributed by atoms with van der Waals surface area (Å²) in [7, 11) is 0. The number of rotatable bonds is 2. The fourth-order valence-corrected chi connectivity index (χ4v) is 3.06. The molecule has 0 unspecified atom stereocenters. The largest absolute Gasteiger partial charge is 0.348 e. The van der Waals surface area contributed by atoms with Crippen molar-refractivity contribution >= 4 is 0 Å². The van der Waals surface area contributed by atoms with Gasteiger partial charge in [-0.15, -0.1) is 6.58 Å². The summed E-state index contributed by atoms with van der Waals surface area (Å²) in [5.41, 5.74) is 0. The number of hydrogen-bond donors (Lipinski definition) is 0. The van der Waals surface area contributed by atoms with Crippen LogP contribution in [0.15, 0.2) is 12.7 Å². The zero-order valence-corrected chi connectivity index (χ0v) is 9.87. The number of hydrogen-bond acceptors (Lipinski definition) is 2. The Morgan fingerprint density at radius 1 is 1.33 bits per heavy atom. The van der Waals surface area contributed by atoms with E-state index in [-0.39, 0.29) is 5.79 Å². The summed E-state index contributed by atoms with van der Waals surface area (Å²) in [6.07, 6.45) is 5.35. The highest BCUT2D eigenvalue weighted by molar-refractivity contribution is 4.95. The van der Waals surface area contributed by atoms with Gasteiger partial charge in [0.1, 0.15) is 0 Å². The highest BCUT2D eigenvalue weighted by atomic mass is 16.7. The molecular weight excluding hydrogens is 188 g/mol. The van der Waals surface area contributed by atoms with Crippen molar-refractivity contribution in [3.63, 3.8) is 0 Å². The van der Waals surface area contributed by atoms with Crippen molar-refractivity contribution in [3.8, 4) is 0 Å². The van der Waals surface area contributed by atoms with Crippen molar-refractivity contribution in [2.45, 2.75) is 38.9 Å². The number of ether oxygens (including phenoxy) is 2. The van der Waals surface area contributed by atoms with Crippen LogP contribution in [-0.2, 0) is 9.47 Å². The Morgan fingerprint density at radius 3 is 2.53 bits per heavy atom. The van der Waals surface area contributed by atoms with Crippen molar-refractivity contribution < 1.29 is 9.47 Å². The summed E-state index contributed by atoms with van der Waals surface area (Å²) in [6.45, 7) is 10.1. The molecule has 1 spiro atoms. The molecule has 0 amide bonds. The molecule has 2 heteroatoms. The highest BCUT2D eigenvalue weighted by Gasteiger charge is 2.44. The average molecular weight is 210 g/mol. The summed E-state index contributed by atoms with van der Waals surface area (Å²) in [5, 5.41) is 0. The standard InChI is InChI=1S/C13H22O2/c1-4-11-9-13(14-7-8-15-13)6-5-12(11)10(2)3/h4,10-12H,1,5-9H2,2-3H3/t11-,12+/m1/s1. The Bertz CT molecular complexity index is 229. The van der Waals surface area contributed by atoms with Gasteiger partial charge >= 0.3 is 0 Å². The van der Waals surface area contributed by atoms with E-state index in [0.717, 1.165) is 37.9 Å². The van der Waals surface area contributed by atoms with E-state index in [0.29, 0.717) is 5.92 Å². The molecular formula is C13H22O2. The Kier molecular flexibility index (Phi) is 3.17. The molecule has 0 aromatic rings. The summed E-state index contributed by atoms with van der Waals surface area (Å²) in [4.78, 5) is 0. The van der Waals surface area contributed by atoms with Crippen molar-refractivity contribution in [2.75, 3.05) is 13.2 Å². The van der Waals surface area contributed by atoms with E-state index < -0.39 is 0 Å². The van der Waals surface area contributed by atoms with Gasteiger partial charge in [0, 0.05) is 12.8 Å². The molecule has 2 atom stereocenters. The molecule has 0 bridgehead atoms. The van der Waals surface area contributed by atoms with Crippen LogP contribution in [-0.4, -0.2) is 19.0 Å². The zero-order valence-electron chi connectivity index (χ0n) is 9.87. The lowest BCUT2D eigenvalue weighted by molar-refractivity contribution is -0.192. The van der Waals surface area contributed by atoms with E-state index in [4.69, 9.17) is 9.47 Å². The van der Waals surface area contributed by atoms with Gasteiger partial charge in [-0.3, -0.25) is 0 Å². The second-order valence-corrected chi connectivity index (χ2v) is 5.16. The molecule has 0 radical (unpaired) electrons. The minimum Gasteiger partial charge on any atom is -0.348 e. The lowest BCUT2D eigenvalue weighted by atomic mass is 9.71. The minimum absolute atomic E-state index is 0.260. The first kappa shape index (κ1) is 11.2. The SMILES string of the molecule is C=C[C@@H]1CC2(CC[C@H]1C(C)C)OCCO2. The van der Waals surface area contributed by atoms with E-state index in [1.807, 2.05) is 0 Å². The Labute approximate surface area is 92.6 Å². The lowest BCUT2D eigenvalue weighted by Crippen LogP contribution is -2.40. The summed E-state index contributed by atoms with van der Waals surface area (Å²) >= 11 is 0. The molecule has 2 nitrogen and oxygen atoms in total. The van der Waals surface area contributed by atoms with Crippen LogP contribution in [0.4, 0.5) is 0 Å². The second-order valence-electron chi connectivity index (χ2n) is 5.16. The maximum Gasteiger partial charge on any atom is 0.169 e. The summed E-state index contributed by atoms with van der Waals surface area (Å²) in [5.74, 6) is 1.77. The molecule has 1 saturated carbocycles. The fraction of sp³-hybridized carbons (Fsp3) is 0.846. The average Bonchev–Trinajstić information content (AvgIpc) is 2.66. The second kappa shape index (κ2) is 4.26. The van der Waals surface area contributed by atoms with Crippen LogP contribution >= 0.6 is 0 Å². The Balaban J connectivity index is 2.05. The predicted octanol–water partition coefficient (Wildman–Crippen LogP) is 2.99. The van der Waals surface area contributed by atoms with E-state index in [9.17, 15) is 0 Å². The third-order valence-electron chi connectivity index (χ3n) is 3.93. The molecule has 0 aromatic heterocycles. The van der Waals surface area contributed by atoms with Gasteiger partial charge in [-0.2, -0.15) is 0 Å². The van der Waals surface area contributed by atoms with Gasteiger partial charge in [0.2, 0.25) is 0 Å². The summed E-state index contributed by atoms with van der Waals surface area (Å²) < 4.78 is 11.5. The van der Waals surface area contributed by atoms with E-state index in [1.54, 1.807) is 0 Å². The monoisotopic (exact) mass is 210 g/mol. The van der Waals surface area contributed by atoms with Crippen molar-refractivity contribution in [3.05, 3.63) is 12.7 Å². The van der Waals surface area contributed by atoms with Crippen LogP contribution in [0.1, 0.15) is 33.1 Å². The number of allylic oxidation sites excluding steroid dienone is 1. The maximum atomic E-state index is 5.77. The van der Waals surface area contributed by atoms with Gasteiger partial charge in [0.05, 0.1) is 13.2 Å². The molecule has 2 fully saturated rings. The molecule has 1 saturated heterocycles. The van der Waals surface area contributed by atoms with Crippen LogP contribution in [0.2, 0.25) is 0 Å². The molecule has 1 heterocycles. The fourth-order valence-electron chi connectivity index (χ4n) is 3.06. The maximum absolute atomic E-state index is 5.77. The molecule has 86 valence electrons. The van der Waals surface area contributed by atoms with Crippen LogP contribution < -0.4 is 0 Å². The van der Waals surface area contributed by atoms with E-state index in [2.05, 4.69) is 26.5 Å². The first-order valence-electron chi connectivity index (χ1n) is 6.07. The van der Waals surface area contributed by atoms with Gasteiger partial charge < -0.3 is 9.47 Å². The molecule has 2 rings (SSSR count). The highest BCUT2D eigenvalue weighted by Crippen LogP contribution is 2.44. The molecule has 1 aliphatic heterocycles. The molecule has 15 heavy (non-hydrogen) atoms. The van der Waals surface area contributed by atoms with Gasteiger partial charge in [-0.1, -0.05) is 19.9 Å². The van der Waals surface area contributed by atoms with E-state index >= 15 is 0 Å². The van der Waals surface area contributed by atoms with Gasteiger partial charge in [0.25, 0.3) is 0 Å². The third kappa shape index (κ3) is 2.11. The third-order valence-corrected chi connectivity index (χ3v) is 3.93. The summed E-state index contributed by atoms with van der Waals surface area (Å²) in [6, 6.07) is 0. The zero-order chi connectivity index (χ0) is 10.9. The van der Waals surface area contributed by atoms with Crippen molar-refractivity contribution in [1.82, 2.24) is 0 Å². The van der Waals surface area contributed by atoms with Crippen molar-refractivity contribution in [1.29, 1.82) is 0 Å². The predicted molar refractivity (Wildman–Crippen MR) is 60.5 cm³/mol.